The molecule has 0 radical (unpaired) electrons. The number of hydrogen-bond donors (Lipinski definition) is 0. The van der Waals surface area contributed by atoms with Gasteiger partial charge in [0.25, 0.3) is 17.7 Å². The van der Waals surface area contributed by atoms with E-state index in [-0.39, 0.29) is 18.4 Å². The number of imide groups is 1. The van der Waals surface area contributed by atoms with Gasteiger partial charge in [0.15, 0.2) is 5.76 Å². The van der Waals surface area contributed by atoms with Crippen LogP contribution in [-0.4, -0.2) is 57.4 Å². The van der Waals surface area contributed by atoms with E-state index in [4.69, 9.17) is 8.83 Å². The highest BCUT2D eigenvalue weighted by Gasteiger charge is 2.37. The normalized spacial score (nSPS) is 16.9. The fourth-order valence-corrected chi connectivity index (χ4v) is 3.89. The van der Waals surface area contributed by atoms with Gasteiger partial charge in [-0.15, -0.1) is 10.2 Å². The molecule has 1 aromatic carbocycles. The summed E-state index contributed by atoms with van der Waals surface area (Å²) in [6.45, 7) is 0.733. The SMILES string of the molecule is O=C(CN1C(=O)c2ccccc2C1=O)N1CCC(c2nnc(-c3ccco3)o2)CC1. The standard InChI is InChI=1S/C21H18N4O5/c26-17(12-25-20(27)14-4-1-2-5-15(14)21(25)28)24-9-7-13(8-10-24)18-22-23-19(30-18)16-6-3-11-29-16/h1-6,11,13H,7-10,12H2. The Kier molecular flexibility index (Phi) is 4.42. The number of amides is 3. The van der Waals surface area contributed by atoms with Gasteiger partial charge in [-0.3, -0.25) is 19.3 Å². The van der Waals surface area contributed by atoms with Crippen molar-refractivity contribution in [2.24, 2.45) is 0 Å². The third-order valence-electron chi connectivity index (χ3n) is 5.54. The number of fused-ring (bicyclic) bond motifs is 1. The second kappa shape index (κ2) is 7.25. The molecule has 4 heterocycles. The van der Waals surface area contributed by atoms with Gasteiger partial charge < -0.3 is 13.7 Å². The number of nitrogens with zero attached hydrogens (tertiary/aromatic N) is 4. The van der Waals surface area contributed by atoms with Gasteiger partial charge in [-0.25, -0.2) is 0 Å². The van der Waals surface area contributed by atoms with Crippen molar-refractivity contribution < 1.29 is 23.2 Å². The Morgan fingerprint density at radius 1 is 1.00 bits per heavy atom. The predicted octanol–water partition coefficient (Wildman–Crippen LogP) is 2.33. The molecular formula is C21H18N4O5. The summed E-state index contributed by atoms with van der Waals surface area (Å²) in [6, 6.07) is 10.1. The van der Waals surface area contributed by atoms with Gasteiger partial charge in [-0.2, -0.15) is 0 Å². The van der Waals surface area contributed by atoms with E-state index in [9.17, 15) is 14.4 Å². The summed E-state index contributed by atoms with van der Waals surface area (Å²) in [6.07, 6.45) is 2.86. The maximum absolute atomic E-state index is 12.7. The maximum Gasteiger partial charge on any atom is 0.283 e. The summed E-state index contributed by atoms with van der Waals surface area (Å²) in [4.78, 5) is 40.3. The molecule has 0 saturated carbocycles. The molecule has 3 amide bonds. The average Bonchev–Trinajstić information content (AvgIpc) is 3.52. The first-order valence-electron chi connectivity index (χ1n) is 9.72. The molecule has 2 aliphatic rings. The Balaban J connectivity index is 1.20. The van der Waals surface area contributed by atoms with E-state index < -0.39 is 11.8 Å². The van der Waals surface area contributed by atoms with Crippen LogP contribution < -0.4 is 0 Å². The monoisotopic (exact) mass is 406 g/mol. The average molecular weight is 406 g/mol. The Hall–Kier alpha value is -3.75. The minimum Gasteiger partial charge on any atom is -0.459 e. The number of hydrogen-bond acceptors (Lipinski definition) is 7. The van der Waals surface area contributed by atoms with Crippen LogP contribution in [0.4, 0.5) is 0 Å². The lowest BCUT2D eigenvalue weighted by atomic mass is 9.97. The van der Waals surface area contributed by atoms with Crippen LogP contribution >= 0.6 is 0 Å². The molecule has 0 bridgehead atoms. The zero-order valence-corrected chi connectivity index (χ0v) is 16.0. The van der Waals surface area contributed by atoms with Gasteiger partial charge >= 0.3 is 0 Å². The quantitative estimate of drug-likeness (QED) is 0.612. The van der Waals surface area contributed by atoms with Crippen molar-refractivity contribution in [2.45, 2.75) is 18.8 Å². The van der Waals surface area contributed by atoms with Crippen molar-refractivity contribution in [2.75, 3.05) is 19.6 Å². The smallest absolute Gasteiger partial charge is 0.283 e. The third-order valence-corrected chi connectivity index (χ3v) is 5.54. The summed E-state index contributed by atoms with van der Waals surface area (Å²) in [5.74, 6) is 0.329. The van der Waals surface area contributed by atoms with Crippen molar-refractivity contribution in [3.63, 3.8) is 0 Å². The van der Waals surface area contributed by atoms with Crippen molar-refractivity contribution in [1.29, 1.82) is 0 Å². The topological polar surface area (TPSA) is 110 Å². The highest BCUT2D eigenvalue weighted by Crippen LogP contribution is 2.30. The highest BCUT2D eigenvalue weighted by molar-refractivity contribution is 6.22. The van der Waals surface area contributed by atoms with Crippen molar-refractivity contribution in [3.8, 4) is 11.7 Å². The molecule has 152 valence electrons. The van der Waals surface area contributed by atoms with Gasteiger partial charge in [0, 0.05) is 19.0 Å². The van der Waals surface area contributed by atoms with Gasteiger partial charge in [0.2, 0.25) is 11.8 Å². The van der Waals surface area contributed by atoms with Crippen molar-refractivity contribution in [1.82, 2.24) is 20.0 Å². The van der Waals surface area contributed by atoms with E-state index in [2.05, 4.69) is 10.2 Å². The summed E-state index contributed by atoms with van der Waals surface area (Å²) >= 11 is 0. The van der Waals surface area contributed by atoms with Crippen LogP contribution in [0.15, 0.2) is 51.5 Å². The zero-order chi connectivity index (χ0) is 20.7. The number of piperidine rings is 1. The van der Waals surface area contributed by atoms with Crippen LogP contribution in [0.1, 0.15) is 45.4 Å². The van der Waals surface area contributed by atoms with Crippen molar-refractivity contribution >= 4 is 17.7 Å². The Labute approximate surface area is 171 Å². The molecule has 0 aliphatic carbocycles. The van der Waals surface area contributed by atoms with Gasteiger partial charge in [-0.05, 0) is 37.1 Å². The predicted molar refractivity (Wildman–Crippen MR) is 102 cm³/mol. The van der Waals surface area contributed by atoms with Gasteiger partial charge in [-0.1, -0.05) is 12.1 Å². The molecule has 3 aromatic rings. The number of aromatic nitrogens is 2. The summed E-state index contributed by atoms with van der Waals surface area (Å²) in [5, 5.41) is 8.13. The molecule has 9 nitrogen and oxygen atoms in total. The van der Waals surface area contributed by atoms with E-state index in [0.717, 1.165) is 4.90 Å². The molecule has 0 spiro atoms. The molecule has 2 aliphatic heterocycles. The summed E-state index contributed by atoms with van der Waals surface area (Å²) in [5.41, 5.74) is 0.690. The molecule has 9 heteroatoms. The molecule has 1 saturated heterocycles. The van der Waals surface area contributed by atoms with Crippen LogP contribution in [0.5, 0.6) is 0 Å². The molecule has 2 aromatic heterocycles. The van der Waals surface area contributed by atoms with Crippen LogP contribution in [0, 0.1) is 0 Å². The Morgan fingerprint density at radius 3 is 2.33 bits per heavy atom. The Bertz CT molecular complexity index is 1080. The molecule has 0 N–H and O–H groups in total. The molecule has 5 rings (SSSR count). The fraction of sp³-hybridized carbons (Fsp3) is 0.286. The molecule has 0 atom stereocenters. The lowest BCUT2D eigenvalue weighted by Crippen LogP contribution is -2.45. The lowest BCUT2D eigenvalue weighted by molar-refractivity contribution is -0.132. The number of rotatable bonds is 4. The van der Waals surface area contributed by atoms with Crippen LogP contribution in [0.25, 0.3) is 11.7 Å². The third kappa shape index (κ3) is 3.08. The van der Waals surface area contributed by atoms with E-state index in [1.807, 2.05) is 0 Å². The van der Waals surface area contributed by atoms with Crippen LogP contribution in [-0.2, 0) is 4.79 Å². The van der Waals surface area contributed by atoms with Crippen LogP contribution in [0.3, 0.4) is 0 Å². The first-order chi connectivity index (χ1) is 14.6. The van der Waals surface area contributed by atoms with E-state index in [0.29, 0.717) is 54.6 Å². The highest BCUT2D eigenvalue weighted by atomic mass is 16.4. The molecule has 30 heavy (non-hydrogen) atoms. The molecule has 1 fully saturated rings. The number of furan rings is 1. The molecule has 0 unspecified atom stereocenters. The number of likely N-dealkylation sites (tertiary alicyclic amines) is 1. The maximum atomic E-state index is 12.7. The summed E-state index contributed by atoms with van der Waals surface area (Å²) in [7, 11) is 0. The minimum atomic E-state index is -0.421. The summed E-state index contributed by atoms with van der Waals surface area (Å²) < 4.78 is 11.0. The van der Waals surface area contributed by atoms with E-state index in [1.165, 1.54) is 6.26 Å². The van der Waals surface area contributed by atoms with Crippen molar-refractivity contribution in [3.05, 3.63) is 59.7 Å². The zero-order valence-electron chi connectivity index (χ0n) is 16.0. The van der Waals surface area contributed by atoms with E-state index >= 15 is 0 Å². The number of benzene rings is 1. The largest absolute Gasteiger partial charge is 0.459 e. The molecular weight excluding hydrogens is 388 g/mol. The lowest BCUT2D eigenvalue weighted by Gasteiger charge is -2.31. The van der Waals surface area contributed by atoms with E-state index in [1.54, 1.807) is 41.3 Å². The number of carbonyl (C=O) groups is 3. The first kappa shape index (κ1) is 18.3. The Morgan fingerprint density at radius 2 is 1.70 bits per heavy atom. The first-order valence-corrected chi connectivity index (χ1v) is 9.72. The fourth-order valence-electron chi connectivity index (χ4n) is 3.89. The second-order valence-electron chi connectivity index (χ2n) is 7.32. The van der Waals surface area contributed by atoms with Gasteiger partial charge in [0.1, 0.15) is 6.54 Å². The number of carbonyl (C=O) groups excluding carboxylic acids is 3. The minimum absolute atomic E-state index is 0.0459. The second-order valence-corrected chi connectivity index (χ2v) is 7.32. The van der Waals surface area contributed by atoms with Crippen LogP contribution in [0.2, 0.25) is 0 Å². The van der Waals surface area contributed by atoms with Gasteiger partial charge in [0.05, 0.1) is 17.4 Å².